The standard InChI is InChI=1S/C20H23BrN2O2S/c1-15(20(25)22-2)23(14-16-7-6-8-17(21)13-16)19(24)11-12-26-18-9-4-3-5-10-18/h3-10,13,15H,11-12,14H2,1-2H3,(H,22,25)/t15-/m0/s1. The SMILES string of the molecule is CNC(=O)[C@H](C)N(Cc1cccc(Br)c1)C(=O)CCSc1ccccc1. The van der Waals surface area contributed by atoms with Gasteiger partial charge in [-0.15, -0.1) is 11.8 Å². The molecule has 6 heteroatoms. The number of nitrogens with zero attached hydrogens (tertiary/aromatic N) is 1. The predicted octanol–water partition coefficient (Wildman–Crippen LogP) is 4.09. The molecule has 138 valence electrons. The third kappa shape index (κ3) is 6.18. The summed E-state index contributed by atoms with van der Waals surface area (Å²) >= 11 is 5.10. The summed E-state index contributed by atoms with van der Waals surface area (Å²) in [7, 11) is 1.59. The van der Waals surface area contributed by atoms with Gasteiger partial charge in [0, 0.05) is 35.1 Å². The van der Waals surface area contributed by atoms with Crippen LogP contribution in [0.25, 0.3) is 0 Å². The second kappa shape index (κ2) is 10.4. The first-order valence-corrected chi connectivity index (χ1v) is 10.2. The molecule has 0 saturated heterocycles. The maximum atomic E-state index is 12.8. The van der Waals surface area contributed by atoms with E-state index >= 15 is 0 Å². The van der Waals surface area contributed by atoms with E-state index in [9.17, 15) is 9.59 Å². The Morgan fingerprint density at radius 1 is 1.15 bits per heavy atom. The zero-order valence-electron chi connectivity index (χ0n) is 14.9. The molecule has 0 aromatic heterocycles. The van der Waals surface area contributed by atoms with Gasteiger partial charge in [-0.25, -0.2) is 0 Å². The largest absolute Gasteiger partial charge is 0.357 e. The van der Waals surface area contributed by atoms with E-state index in [1.165, 1.54) is 0 Å². The van der Waals surface area contributed by atoms with E-state index in [1.807, 2.05) is 54.6 Å². The van der Waals surface area contributed by atoms with E-state index in [-0.39, 0.29) is 11.8 Å². The summed E-state index contributed by atoms with van der Waals surface area (Å²) in [5, 5.41) is 2.63. The molecule has 1 N–H and O–H groups in total. The molecule has 0 aliphatic heterocycles. The van der Waals surface area contributed by atoms with Gasteiger partial charge >= 0.3 is 0 Å². The smallest absolute Gasteiger partial charge is 0.242 e. The second-order valence-electron chi connectivity index (χ2n) is 5.85. The van der Waals surface area contributed by atoms with E-state index < -0.39 is 6.04 Å². The summed E-state index contributed by atoms with van der Waals surface area (Å²) in [6.07, 6.45) is 0.384. The fourth-order valence-corrected chi connectivity index (χ4v) is 3.85. The molecular formula is C20H23BrN2O2S. The summed E-state index contributed by atoms with van der Waals surface area (Å²) in [6.45, 7) is 2.17. The molecule has 2 amide bonds. The van der Waals surface area contributed by atoms with Crippen molar-refractivity contribution in [1.82, 2.24) is 10.2 Å². The van der Waals surface area contributed by atoms with Crippen LogP contribution in [0.1, 0.15) is 18.9 Å². The Morgan fingerprint density at radius 3 is 2.54 bits per heavy atom. The summed E-state index contributed by atoms with van der Waals surface area (Å²) in [4.78, 5) is 27.7. The first-order chi connectivity index (χ1) is 12.5. The lowest BCUT2D eigenvalue weighted by Gasteiger charge is -2.28. The van der Waals surface area contributed by atoms with Crippen molar-refractivity contribution in [3.63, 3.8) is 0 Å². The molecule has 0 saturated carbocycles. The van der Waals surface area contributed by atoms with Gasteiger partial charge in [0.15, 0.2) is 0 Å². The number of carbonyl (C=O) groups excluding carboxylic acids is 2. The van der Waals surface area contributed by atoms with Crippen molar-refractivity contribution in [1.29, 1.82) is 0 Å². The van der Waals surface area contributed by atoms with Gasteiger partial charge in [0.05, 0.1) is 0 Å². The quantitative estimate of drug-likeness (QED) is 0.636. The molecule has 0 spiro atoms. The van der Waals surface area contributed by atoms with Crippen molar-refractivity contribution in [2.45, 2.75) is 30.8 Å². The highest BCUT2D eigenvalue weighted by Crippen LogP contribution is 2.20. The van der Waals surface area contributed by atoms with Crippen molar-refractivity contribution in [2.24, 2.45) is 0 Å². The summed E-state index contributed by atoms with van der Waals surface area (Å²) < 4.78 is 0.953. The Hall–Kier alpha value is -1.79. The topological polar surface area (TPSA) is 49.4 Å². The highest BCUT2D eigenvalue weighted by atomic mass is 79.9. The maximum absolute atomic E-state index is 12.8. The van der Waals surface area contributed by atoms with Gasteiger partial charge < -0.3 is 10.2 Å². The van der Waals surface area contributed by atoms with Crippen LogP contribution in [-0.2, 0) is 16.1 Å². The van der Waals surface area contributed by atoms with Crippen LogP contribution in [0, 0.1) is 0 Å². The number of likely N-dealkylation sites (N-methyl/N-ethyl adjacent to an activating group) is 1. The Bertz CT molecular complexity index is 740. The van der Waals surface area contributed by atoms with Crippen molar-refractivity contribution in [3.05, 3.63) is 64.6 Å². The van der Waals surface area contributed by atoms with E-state index in [2.05, 4.69) is 21.2 Å². The average Bonchev–Trinajstić information content (AvgIpc) is 2.65. The predicted molar refractivity (Wildman–Crippen MR) is 110 cm³/mol. The monoisotopic (exact) mass is 434 g/mol. The van der Waals surface area contributed by atoms with Crippen LogP contribution in [0.4, 0.5) is 0 Å². The van der Waals surface area contributed by atoms with Crippen LogP contribution in [0.5, 0.6) is 0 Å². The van der Waals surface area contributed by atoms with Crippen LogP contribution in [-0.4, -0.2) is 35.6 Å². The molecule has 2 aromatic carbocycles. The van der Waals surface area contributed by atoms with Crippen LogP contribution in [0.3, 0.4) is 0 Å². The van der Waals surface area contributed by atoms with E-state index in [0.717, 1.165) is 14.9 Å². The number of halogens is 1. The van der Waals surface area contributed by atoms with Crippen LogP contribution in [0.2, 0.25) is 0 Å². The summed E-state index contributed by atoms with van der Waals surface area (Å²) in [6, 6.07) is 17.3. The third-order valence-corrected chi connectivity index (χ3v) is 5.49. The summed E-state index contributed by atoms with van der Waals surface area (Å²) in [5.41, 5.74) is 0.985. The number of rotatable bonds is 8. The molecule has 0 heterocycles. The fraction of sp³-hybridized carbons (Fsp3) is 0.300. The minimum atomic E-state index is -0.520. The molecule has 2 rings (SSSR count). The van der Waals surface area contributed by atoms with Crippen LogP contribution in [0.15, 0.2) is 64.0 Å². The second-order valence-corrected chi connectivity index (χ2v) is 7.94. The molecule has 4 nitrogen and oxygen atoms in total. The van der Waals surface area contributed by atoms with E-state index in [4.69, 9.17) is 0 Å². The van der Waals surface area contributed by atoms with Gasteiger partial charge in [0.1, 0.15) is 6.04 Å². The Kier molecular flexibility index (Phi) is 8.19. The van der Waals surface area contributed by atoms with E-state index in [1.54, 1.807) is 30.6 Å². The average molecular weight is 435 g/mol. The minimum absolute atomic E-state index is 0.0236. The molecule has 0 aliphatic carbocycles. The number of hydrogen-bond donors (Lipinski definition) is 1. The normalized spacial score (nSPS) is 11.7. The van der Waals surface area contributed by atoms with Crippen LogP contribution >= 0.6 is 27.7 Å². The molecule has 2 aromatic rings. The molecule has 0 radical (unpaired) electrons. The van der Waals surface area contributed by atoms with Gasteiger partial charge in [-0.05, 0) is 36.8 Å². The first kappa shape index (κ1) is 20.5. The number of carbonyl (C=O) groups is 2. The molecular weight excluding hydrogens is 412 g/mol. The van der Waals surface area contributed by atoms with Gasteiger partial charge in [0.2, 0.25) is 11.8 Å². The maximum Gasteiger partial charge on any atom is 0.242 e. The highest BCUT2D eigenvalue weighted by Gasteiger charge is 2.25. The Morgan fingerprint density at radius 2 is 1.88 bits per heavy atom. The molecule has 0 fully saturated rings. The van der Waals surface area contributed by atoms with Crippen LogP contribution < -0.4 is 5.32 Å². The zero-order valence-corrected chi connectivity index (χ0v) is 17.3. The highest BCUT2D eigenvalue weighted by molar-refractivity contribution is 9.10. The number of hydrogen-bond acceptors (Lipinski definition) is 3. The fourth-order valence-electron chi connectivity index (χ4n) is 2.54. The van der Waals surface area contributed by atoms with Gasteiger partial charge in [-0.1, -0.05) is 46.3 Å². The lowest BCUT2D eigenvalue weighted by molar-refractivity contribution is -0.140. The third-order valence-electron chi connectivity index (χ3n) is 3.98. The number of benzene rings is 2. The first-order valence-electron chi connectivity index (χ1n) is 8.44. The van der Waals surface area contributed by atoms with Crippen molar-refractivity contribution >= 4 is 39.5 Å². The number of amides is 2. The molecule has 0 bridgehead atoms. The number of thioether (sulfide) groups is 1. The summed E-state index contributed by atoms with van der Waals surface area (Å²) in [5.74, 6) is 0.492. The van der Waals surface area contributed by atoms with E-state index in [0.29, 0.717) is 18.7 Å². The molecule has 1 atom stereocenters. The Labute approximate surface area is 167 Å². The molecule has 26 heavy (non-hydrogen) atoms. The minimum Gasteiger partial charge on any atom is -0.357 e. The van der Waals surface area contributed by atoms with Crippen molar-refractivity contribution in [3.8, 4) is 0 Å². The Balaban J connectivity index is 2.04. The van der Waals surface area contributed by atoms with Crippen molar-refractivity contribution in [2.75, 3.05) is 12.8 Å². The zero-order chi connectivity index (χ0) is 18.9. The lowest BCUT2D eigenvalue weighted by Crippen LogP contribution is -2.46. The lowest BCUT2D eigenvalue weighted by atomic mass is 10.1. The van der Waals surface area contributed by atoms with Gasteiger partial charge in [0.25, 0.3) is 0 Å². The van der Waals surface area contributed by atoms with Gasteiger partial charge in [-0.2, -0.15) is 0 Å². The molecule has 0 aliphatic rings. The number of nitrogens with one attached hydrogen (secondary N) is 1. The molecule has 0 unspecified atom stereocenters. The van der Waals surface area contributed by atoms with Gasteiger partial charge in [-0.3, -0.25) is 9.59 Å². The van der Waals surface area contributed by atoms with Crippen molar-refractivity contribution < 1.29 is 9.59 Å².